The Morgan fingerprint density at radius 3 is 2.33 bits per heavy atom. The van der Waals surface area contributed by atoms with E-state index in [-0.39, 0.29) is 0 Å². The van der Waals surface area contributed by atoms with Crippen molar-refractivity contribution in [2.75, 3.05) is 19.6 Å². The van der Waals surface area contributed by atoms with Crippen LogP contribution in [0.1, 0.15) is 52.9 Å². The van der Waals surface area contributed by atoms with E-state index >= 15 is 0 Å². The van der Waals surface area contributed by atoms with Crippen LogP contribution in [0.15, 0.2) is 23.5 Å². The molecule has 104 valence electrons. The van der Waals surface area contributed by atoms with Gasteiger partial charge in [-0.15, -0.1) is 0 Å². The summed E-state index contributed by atoms with van der Waals surface area (Å²) < 4.78 is 0. The van der Waals surface area contributed by atoms with Crippen LogP contribution in [0.5, 0.6) is 0 Å². The molecule has 1 aliphatic carbocycles. The molecule has 0 bridgehead atoms. The third-order valence-electron chi connectivity index (χ3n) is 3.68. The Hall–Kier alpha value is -0.760. The third kappa shape index (κ3) is 5.26. The van der Waals surface area contributed by atoms with Crippen molar-refractivity contribution >= 4 is 0 Å². The molecule has 0 spiro atoms. The number of aliphatic hydroxyl groups is 1. The first-order chi connectivity index (χ1) is 8.67. The van der Waals surface area contributed by atoms with E-state index in [4.69, 9.17) is 0 Å². The minimum atomic E-state index is 0.472. The van der Waals surface area contributed by atoms with Gasteiger partial charge in [0.25, 0.3) is 0 Å². The van der Waals surface area contributed by atoms with Crippen molar-refractivity contribution in [1.82, 2.24) is 4.90 Å². The van der Waals surface area contributed by atoms with Crippen LogP contribution in [0.2, 0.25) is 0 Å². The van der Waals surface area contributed by atoms with E-state index in [0.29, 0.717) is 11.7 Å². The van der Waals surface area contributed by atoms with Crippen molar-refractivity contribution in [3.8, 4) is 0 Å². The van der Waals surface area contributed by atoms with Crippen LogP contribution in [0.25, 0.3) is 0 Å². The van der Waals surface area contributed by atoms with E-state index in [2.05, 4.69) is 24.8 Å². The number of hydrogen-bond donors (Lipinski definition) is 1. The van der Waals surface area contributed by atoms with Crippen LogP contribution in [-0.4, -0.2) is 29.6 Å². The van der Waals surface area contributed by atoms with Gasteiger partial charge in [-0.2, -0.15) is 0 Å². The topological polar surface area (TPSA) is 23.5 Å². The maximum Gasteiger partial charge on any atom is 0.114 e. The van der Waals surface area contributed by atoms with E-state index in [1.54, 1.807) is 0 Å². The largest absolute Gasteiger partial charge is 0.508 e. The molecule has 0 heterocycles. The predicted molar refractivity (Wildman–Crippen MR) is 78.8 cm³/mol. The monoisotopic (exact) mass is 251 g/mol. The van der Waals surface area contributed by atoms with E-state index < -0.39 is 0 Å². The molecular weight excluding hydrogens is 222 g/mol. The third-order valence-corrected chi connectivity index (χ3v) is 3.68. The highest BCUT2D eigenvalue weighted by molar-refractivity contribution is 5.23. The molecule has 0 radical (unpaired) electrons. The number of unbranched alkanes of at least 4 members (excludes halogenated alkanes) is 2. The summed E-state index contributed by atoms with van der Waals surface area (Å²) in [5.41, 5.74) is 1.13. The molecule has 0 fully saturated rings. The highest BCUT2D eigenvalue weighted by Crippen LogP contribution is 2.23. The fourth-order valence-electron chi connectivity index (χ4n) is 2.45. The molecule has 2 nitrogen and oxygen atoms in total. The Kier molecular flexibility index (Phi) is 7.11. The summed E-state index contributed by atoms with van der Waals surface area (Å²) in [5, 5.41) is 9.59. The summed E-state index contributed by atoms with van der Waals surface area (Å²) >= 11 is 0. The van der Waals surface area contributed by atoms with E-state index in [1.807, 2.05) is 13.0 Å². The van der Waals surface area contributed by atoms with Gasteiger partial charge >= 0.3 is 0 Å². The summed E-state index contributed by atoms with van der Waals surface area (Å²) in [6.45, 7) is 10.1. The molecule has 0 amide bonds. The Bertz CT molecular complexity index is 285. The summed E-state index contributed by atoms with van der Waals surface area (Å²) in [6, 6.07) is 0. The molecule has 1 unspecified atom stereocenters. The number of allylic oxidation sites excluding steroid dienone is 2. The van der Waals surface area contributed by atoms with Gasteiger partial charge in [0.1, 0.15) is 5.76 Å². The highest BCUT2D eigenvalue weighted by Gasteiger charge is 2.16. The Morgan fingerprint density at radius 2 is 1.83 bits per heavy atom. The summed E-state index contributed by atoms with van der Waals surface area (Å²) in [4.78, 5) is 2.59. The number of hydrogen-bond acceptors (Lipinski definition) is 2. The fourth-order valence-corrected chi connectivity index (χ4v) is 2.45. The minimum absolute atomic E-state index is 0.472. The molecule has 1 N–H and O–H groups in total. The molecule has 0 saturated carbocycles. The van der Waals surface area contributed by atoms with Crippen LogP contribution < -0.4 is 0 Å². The number of aliphatic hydroxyl groups excluding tert-OH is 1. The minimum Gasteiger partial charge on any atom is -0.508 e. The Balaban J connectivity index is 2.43. The van der Waals surface area contributed by atoms with E-state index in [1.165, 1.54) is 38.8 Å². The molecule has 0 aliphatic heterocycles. The average molecular weight is 251 g/mol. The second-order valence-corrected chi connectivity index (χ2v) is 5.50. The van der Waals surface area contributed by atoms with Gasteiger partial charge in [0, 0.05) is 6.54 Å². The van der Waals surface area contributed by atoms with E-state index in [9.17, 15) is 5.11 Å². The predicted octanol–water partition coefficient (Wildman–Crippen LogP) is 4.30. The molecule has 2 heteroatoms. The quantitative estimate of drug-likeness (QED) is 0.695. The van der Waals surface area contributed by atoms with Crippen molar-refractivity contribution in [1.29, 1.82) is 0 Å². The molecule has 0 aromatic heterocycles. The second-order valence-electron chi connectivity index (χ2n) is 5.50. The second kappa shape index (κ2) is 8.36. The first kappa shape index (κ1) is 15.3. The maximum absolute atomic E-state index is 9.59. The molecule has 0 aromatic rings. The van der Waals surface area contributed by atoms with Gasteiger partial charge in [0.15, 0.2) is 0 Å². The molecule has 0 saturated heterocycles. The van der Waals surface area contributed by atoms with Crippen molar-refractivity contribution in [3.63, 3.8) is 0 Å². The van der Waals surface area contributed by atoms with E-state index in [0.717, 1.165) is 18.5 Å². The molecule has 1 rings (SSSR count). The van der Waals surface area contributed by atoms with Crippen LogP contribution in [0.3, 0.4) is 0 Å². The molecule has 0 aromatic carbocycles. The highest BCUT2D eigenvalue weighted by atomic mass is 16.3. The van der Waals surface area contributed by atoms with Gasteiger partial charge in [0.2, 0.25) is 0 Å². The van der Waals surface area contributed by atoms with Crippen LogP contribution in [0.4, 0.5) is 0 Å². The normalized spacial score (nSPS) is 19.9. The molecule has 1 aliphatic rings. The lowest BCUT2D eigenvalue weighted by atomic mass is 9.93. The van der Waals surface area contributed by atoms with Gasteiger partial charge in [-0.3, -0.25) is 0 Å². The van der Waals surface area contributed by atoms with Gasteiger partial charge < -0.3 is 10.0 Å². The lowest BCUT2D eigenvalue weighted by molar-refractivity contribution is 0.237. The smallest absolute Gasteiger partial charge is 0.114 e. The number of nitrogens with zero attached hydrogens (tertiary/aromatic N) is 1. The van der Waals surface area contributed by atoms with Gasteiger partial charge in [-0.1, -0.05) is 32.8 Å². The van der Waals surface area contributed by atoms with Crippen molar-refractivity contribution in [2.45, 2.75) is 52.9 Å². The Morgan fingerprint density at radius 1 is 1.22 bits per heavy atom. The van der Waals surface area contributed by atoms with Gasteiger partial charge in [-0.05, 0) is 56.8 Å². The zero-order valence-electron chi connectivity index (χ0n) is 12.3. The SMILES string of the molecule is CCCCN(CCCC)CC1C=CC(O)=C(C)C1. The summed E-state index contributed by atoms with van der Waals surface area (Å²) in [6.07, 6.45) is 10.2. The average Bonchev–Trinajstić information content (AvgIpc) is 2.37. The van der Waals surface area contributed by atoms with Crippen LogP contribution >= 0.6 is 0 Å². The Labute approximate surface area is 112 Å². The molecule has 18 heavy (non-hydrogen) atoms. The van der Waals surface area contributed by atoms with Crippen molar-refractivity contribution in [3.05, 3.63) is 23.5 Å². The zero-order valence-corrected chi connectivity index (χ0v) is 12.3. The first-order valence-electron chi connectivity index (χ1n) is 7.46. The van der Waals surface area contributed by atoms with Crippen LogP contribution in [0, 0.1) is 5.92 Å². The fraction of sp³-hybridized carbons (Fsp3) is 0.750. The number of rotatable bonds is 8. The maximum atomic E-state index is 9.59. The van der Waals surface area contributed by atoms with Crippen LogP contribution in [-0.2, 0) is 0 Å². The summed E-state index contributed by atoms with van der Waals surface area (Å²) in [7, 11) is 0. The standard InChI is InChI=1S/C16H29NO/c1-4-6-10-17(11-7-5-2)13-15-8-9-16(18)14(3)12-15/h8-9,15,18H,4-7,10-13H2,1-3H3. The van der Waals surface area contributed by atoms with Crippen molar-refractivity contribution < 1.29 is 5.11 Å². The first-order valence-corrected chi connectivity index (χ1v) is 7.46. The van der Waals surface area contributed by atoms with Crippen molar-refractivity contribution in [2.24, 2.45) is 5.92 Å². The van der Waals surface area contributed by atoms with Gasteiger partial charge in [0.05, 0.1) is 0 Å². The lowest BCUT2D eigenvalue weighted by Gasteiger charge is -2.27. The molecular formula is C16H29NO. The van der Waals surface area contributed by atoms with Gasteiger partial charge in [-0.25, -0.2) is 0 Å². The zero-order chi connectivity index (χ0) is 13.4. The summed E-state index contributed by atoms with van der Waals surface area (Å²) in [5.74, 6) is 1.05. The lowest BCUT2D eigenvalue weighted by Crippen LogP contribution is -2.31. The molecule has 1 atom stereocenters.